The van der Waals surface area contributed by atoms with E-state index in [-0.39, 0.29) is 0 Å². The third-order valence-corrected chi connectivity index (χ3v) is 9.98. The first-order chi connectivity index (χ1) is 34.2. The van der Waals surface area contributed by atoms with Crippen LogP contribution in [-0.4, -0.2) is 109 Å². The second kappa shape index (κ2) is 40.8. The summed E-state index contributed by atoms with van der Waals surface area (Å²) in [6.07, 6.45) is 6.42. The van der Waals surface area contributed by atoms with Crippen LogP contribution in [0.25, 0.3) is 0 Å². The molecule has 26 nitrogen and oxygen atoms in total. The maximum atomic E-state index is 4.60. The van der Waals surface area contributed by atoms with Crippen LogP contribution in [0.5, 0.6) is 0 Å². The first-order valence-electron chi connectivity index (χ1n) is 21.8. The normalized spacial score (nSPS) is 8.97. The van der Waals surface area contributed by atoms with Gasteiger partial charge in [0.05, 0.1) is 23.8 Å². The maximum Gasteiger partial charge on any atom is 0.223 e. The fourth-order valence-corrected chi connectivity index (χ4v) is 5.14. The summed E-state index contributed by atoms with van der Waals surface area (Å²) in [6.45, 7) is 38.1. The molecule has 30 heteroatoms. The van der Waals surface area contributed by atoms with Crippen LogP contribution in [-0.2, 0) is 14.1 Å². The lowest BCUT2D eigenvalue weighted by atomic mass is 10.4. The zero-order chi connectivity index (χ0) is 55.0. The summed E-state index contributed by atoms with van der Waals surface area (Å²) in [6, 6.07) is 0. The van der Waals surface area contributed by atoms with E-state index in [2.05, 4.69) is 117 Å². The maximum absolute atomic E-state index is 4.60. The van der Waals surface area contributed by atoms with Crippen molar-refractivity contribution < 1.29 is 18.1 Å². The lowest BCUT2D eigenvalue weighted by Gasteiger charge is -1.75. The van der Waals surface area contributed by atoms with Crippen LogP contribution in [0.1, 0.15) is 117 Å². The molecule has 10 aromatic heterocycles. The Morgan fingerprint density at radius 1 is 0.431 bits per heavy atom. The van der Waals surface area contributed by atoms with Crippen molar-refractivity contribution in [2.75, 3.05) is 0 Å². The van der Waals surface area contributed by atoms with Crippen LogP contribution < -0.4 is 0 Å². The van der Waals surface area contributed by atoms with Crippen molar-refractivity contribution in [2.45, 2.75) is 138 Å². The van der Waals surface area contributed by atoms with Crippen LogP contribution in [0.4, 0.5) is 0 Å². The summed E-state index contributed by atoms with van der Waals surface area (Å²) in [5.74, 6) is 5.97. The summed E-state index contributed by atoms with van der Waals surface area (Å²) in [4.78, 5) is 23.3. The monoisotopic (exact) mass is 1070 g/mol. The summed E-state index contributed by atoms with van der Waals surface area (Å²) >= 11 is 5.77. The van der Waals surface area contributed by atoms with E-state index in [9.17, 15) is 0 Å². The van der Waals surface area contributed by atoms with Crippen LogP contribution in [0.3, 0.4) is 0 Å². The van der Waals surface area contributed by atoms with Gasteiger partial charge in [-0.15, -0.1) is 20.4 Å². The molecule has 0 aliphatic heterocycles. The quantitative estimate of drug-likeness (QED) is 0.137. The fourth-order valence-electron chi connectivity index (χ4n) is 3.27. The molecular formula is C42H70N22O4S4. The van der Waals surface area contributed by atoms with Crippen molar-refractivity contribution in [3.63, 3.8) is 0 Å². The number of nitrogens with zero attached hydrogens (tertiary/aromatic N) is 22. The Morgan fingerprint density at radius 3 is 0.903 bits per heavy atom. The molecule has 10 aromatic rings. The number of rotatable bonds is 0. The fraction of sp³-hybridized carbons (Fsp3) is 0.524. The van der Waals surface area contributed by atoms with Gasteiger partial charge in [-0.25, -0.2) is 15.0 Å². The van der Waals surface area contributed by atoms with E-state index in [1.165, 1.54) is 67.0 Å². The molecule has 396 valence electrons. The van der Waals surface area contributed by atoms with Crippen molar-refractivity contribution >= 4 is 46.1 Å². The first-order valence-corrected chi connectivity index (χ1v) is 24.9. The van der Waals surface area contributed by atoms with Gasteiger partial charge in [-0.2, -0.15) is 38.8 Å². The van der Waals surface area contributed by atoms with Crippen molar-refractivity contribution in [3.05, 3.63) is 114 Å². The minimum Gasteiger partial charge on any atom is -0.342 e. The van der Waals surface area contributed by atoms with Gasteiger partial charge in [0.2, 0.25) is 11.8 Å². The number of aryl methyl sites for hydroxylation is 18. The summed E-state index contributed by atoms with van der Waals surface area (Å²) < 4.78 is 35.4. The number of aromatic nitrogens is 22. The van der Waals surface area contributed by atoms with E-state index >= 15 is 0 Å². The van der Waals surface area contributed by atoms with Gasteiger partial charge < -0.3 is 18.1 Å². The van der Waals surface area contributed by atoms with Crippen LogP contribution in [0, 0.1) is 111 Å². The molecule has 0 spiro atoms. The molecular weight excluding hydrogens is 1000 g/mol. The smallest absolute Gasteiger partial charge is 0.223 e. The molecule has 0 radical (unpaired) electrons. The predicted octanol–water partition coefficient (Wildman–Crippen LogP) is 9.05. The summed E-state index contributed by atoms with van der Waals surface area (Å²) in [7, 11) is 3.60. The highest BCUT2D eigenvalue weighted by atomic mass is 32.1. The molecule has 72 heavy (non-hydrogen) atoms. The Bertz CT molecular complexity index is 2260. The molecule has 0 unspecified atom stereocenters. The summed E-state index contributed by atoms with van der Waals surface area (Å²) in [5, 5.41) is 41.7. The van der Waals surface area contributed by atoms with Gasteiger partial charge in [-0.3, -0.25) is 4.68 Å². The standard InChI is InChI=1S/4C4H6N2O.4C4H6N2S.2C3H5N3.2C2H6/c2*1-3-5-4(2)7-6-3;2*1-3-4(2)7-6-5-3;2*1-3-5-4(2)7-6-3;2*1-3-4(2)7-6-5-3;1-6-3-4-2-5-6;1-6-4-2-3-5-6;2*1-2/h8*1-2H3;2*2-3H,1H3;2*1-2H3. The molecule has 0 bridgehead atoms. The van der Waals surface area contributed by atoms with Crippen LogP contribution in [0.15, 0.2) is 43.1 Å². The van der Waals surface area contributed by atoms with Crippen molar-refractivity contribution in [1.29, 1.82) is 0 Å². The van der Waals surface area contributed by atoms with E-state index in [0.717, 1.165) is 56.0 Å². The molecule has 10 heterocycles. The molecule has 0 amide bonds. The highest BCUT2D eigenvalue weighted by Gasteiger charge is 1.96. The van der Waals surface area contributed by atoms with Gasteiger partial charge >= 0.3 is 0 Å². The molecule has 0 aromatic carbocycles. The second-order valence-electron chi connectivity index (χ2n) is 13.2. The first kappa shape index (κ1) is 67.2. The molecule has 0 aliphatic carbocycles. The molecule has 0 atom stereocenters. The van der Waals surface area contributed by atoms with E-state index in [4.69, 9.17) is 0 Å². The lowest BCUT2D eigenvalue weighted by Crippen LogP contribution is -1.89. The van der Waals surface area contributed by atoms with E-state index in [0.29, 0.717) is 23.4 Å². The van der Waals surface area contributed by atoms with Gasteiger partial charge in [-0.1, -0.05) is 47.0 Å². The van der Waals surface area contributed by atoms with Gasteiger partial charge in [-0.05, 0) is 143 Å². The third kappa shape index (κ3) is 35.2. The molecule has 0 aliphatic rings. The minimum atomic E-state index is 0.623. The highest BCUT2D eigenvalue weighted by molar-refractivity contribution is 7.06. The van der Waals surface area contributed by atoms with Gasteiger partial charge in [0, 0.05) is 48.2 Å². The van der Waals surface area contributed by atoms with E-state index in [1.807, 2.05) is 118 Å². The topological polar surface area (TPSA) is 320 Å². The third-order valence-electron chi connectivity index (χ3n) is 7.10. The Hall–Kier alpha value is -6.92. The van der Waals surface area contributed by atoms with Gasteiger partial charge in [0.15, 0.2) is 23.2 Å². The largest absolute Gasteiger partial charge is 0.342 e. The molecule has 0 saturated carbocycles. The van der Waals surface area contributed by atoms with Gasteiger partial charge in [0.25, 0.3) is 0 Å². The van der Waals surface area contributed by atoms with E-state index < -0.39 is 0 Å². The Kier molecular flexibility index (Phi) is 38.0. The second-order valence-corrected chi connectivity index (χ2v) is 17.0. The Morgan fingerprint density at radius 2 is 0.819 bits per heavy atom. The molecule has 0 saturated heterocycles. The minimum absolute atomic E-state index is 0.623. The van der Waals surface area contributed by atoms with E-state index in [1.54, 1.807) is 58.1 Å². The number of hydrogen-bond acceptors (Lipinski definition) is 28. The molecule has 0 fully saturated rings. The zero-order valence-electron chi connectivity index (χ0n) is 45.4. The van der Waals surface area contributed by atoms with Gasteiger partial charge in [0.1, 0.15) is 45.7 Å². The highest BCUT2D eigenvalue weighted by Crippen LogP contribution is 2.05. The average Bonchev–Trinajstić information content (AvgIpc) is 4.20. The Labute approximate surface area is 437 Å². The SMILES string of the molecule is CC.CC.Cc1nnoc1C.Cc1nnoc1C.Cc1nnsc1C.Cc1nnsc1C.Cc1noc(C)n1.Cc1noc(C)n1.Cc1nsc(C)n1.Cc1nsc(C)n1.Cn1cncn1.Cn1nccn1. The van der Waals surface area contributed by atoms with Crippen molar-refractivity contribution in [1.82, 2.24) is 109 Å². The lowest BCUT2D eigenvalue weighted by molar-refractivity contribution is 0.373. The van der Waals surface area contributed by atoms with Crippen LogP contribution in [0.2, 0.25) is 0 Å². The average molecular weight is 1080 g/mol. The van der Waals surface area contributed by atoms with Crippen molar-refractivity contribution in [2.24, 2.45) is 14.1 Å². The molecule has 0 N–H and O–H groups in total. The zero-order valence-corrected chi connectivity index (χ0v) is 48.7. The predicted molar refractivity (Wildman–Crippen MR) is 277 cm³/mol. The molecule has 10 rings (SSSR count). The van der Waals surface area contributed by atoms with Crippen LogP contribution >= 0.6 is 46.1 Å². The number of hydrogen-bond donors (Lipinski definition) is 0. The van der Waals surface area contributed by atoms with Crippen molar-refractivity contribution in [3.8, 4) is 0 Å². The Balaban J connectivity index is 0. The summed E-state index contributed by atoms with van der Waals surface area (Å²) in [5.41, 5.74) is 3.81.